The van der Waals surface area contributed by atoms with Crippen molar-refractivity contribution < 1.29 is 14.2 Å². The zero-order valence-corrected chi connectivity index (χ0v) is 16.2. The Morgan fingerprint density at radius 2 is 1.97 bits per heavy atom. The van der Waals surface area contributed by atoms with E-state index in [9.17, 15) is 14.3 Å². The van der Waals surface area contributed by atoms with Crippen LogP contribution in [0.5, 0.6) is 0 Å². The fraction of sp³-hybridized carbons (Fsp3) is 0.261. The first-order chi connectivity index (χ1) is 14.6. The van der Waals surface area contributed by atoms with E-state index < -0.39 is 12.1 Å². The van der Waals surface area contributed by atoms with Crippen LogP contribution in [0.15, 0.2) is 59.8 Å². The maximum Gasteiger partial charge on any atom is 0.261 e. The second-order valence-electron chi connectivity index (χ2n) is 7.60. The number of halogens is 1. The molecule has 5 rings (SSSR count). The van der Waals surface area contributed by atoms with E-state index in [1.807, 2.05) is 30.3 Å². The van der Waals surface area contributed by atoms with Crippen molar-refractivity contribution in [3.63, 3.8) is 0 Å². The van der Waals surface area contributed by atoms with Gasteiger partial charge < -0.3 is 9.84 Å². The summed E-state index contributed by atoms with van der Waals surface area (Å²) in [5, 5.41) is 12.7. The van der Waals surface area contributed by atoms with Crippen molar-refractivity contribution in [2.75, 3.05) is 13.2 Å². The van der Waals surface area contributed by atoms with Crippen LogP contribution in [-0.2, 0) is 11.2 Å². The highest BCUT2D eigenvalue weighted by atomic mass is 19.1. The van der Waals surface area contributed by atoms with Crippen LogP contribution in [0, 0.1) is 5.95 Å². The minimum Gasteiger partial charge on any atom is -0.389 e. The van der Waals surface area contributed by atoms with Crippen molar-refractivity contribution in [3.8, 4) is 0 Å². The SMILES string of the molecule is O=c1c2cc(Cc3ccc(F)nc3)c3ccccc3c2ncn1C1CCOC[C@@H]1O. The van der Waals surface area contributed by atoms with Crippen LogP contribution in [-0.4, -0.2) is 39.0 Å². The molecular formula is C23H20FN3O3. The van der Waals surface area contributed by atoms with Gasteiger partial charge in [0.05, 0.1) is 36.0 Å². The Bertz CT molecular complexity index is 1290. The van der Waals surface area contributed by atoms with E-state index in [1.54, 1.807) is 6.07 Å². The molecule has 4 aromatic rings. The number of pyridine rings is 1. The highest BCUT2D eigenvalue weighted by molar-refractivity contribution is 6.06. The van der Waals surface area contributed by atoms with E-state index in [0.29, 0.717) is 30.4 Å². The minimum absolute atomic E-state index is 0.185. The first-order valence-electron chi connectivity index (χ1n) is 9.89. The van der Waals surface area contributed by atoms with Gasteiger partial charge in [0.15, 0.2) is 0 Å². The molecule has 0 saturated carbocycles. The quantitative estimate of drug-likeness (QED) is 0.419. The Hall–Kier alpha value is -3.16. The van der Waals surface area contributed by atoms with Crippen LogP contribution in [0.3, 0.4) is 0 Å². The Morgan fingerprint density at radius 1 is 1.13 bits per heavy atom. The molecule has 0 spiro atoms. The molecule has 0 radical (unpaired) electrons. The van der Waals surface area contributed by atoms with Crippen molar-refractivity contribution >= 4 is 21.7 Å². The van der Waals surface area contributed by atoms with Gasteiger partial charge in [0, 0.05) is 18.2 Å². The molecule has 1 fully saturated rings. The zero-order valence-electron chi connectivity index (χ0n) is 16.2. The van der Waals surface area contributed by atoms with Crippen molar-refractivity contribution in [1.82, 2.24) is 14.5 Å². The van der Waals surface area contributed by atoms with Gasteiger partial charge in [-0.15, -0.1) is 0 Å². The Labute approximate surface area is 171 Å². The molecule has 1 aliphatic heterocycles. The maximum absolute atomic E-state index is 13.4. The van der Waals surface area contributed by atoms with Crippen LogP contribution in [0.2, 0.25) is 0 Å². The molecule has 152 valence electrons. The Kier molecular flexibility index (Phi) is 4.77. The number of aromatic nitrogens is 3. The van der Waals surface area contributed by atoms with E-state index in [0.717, 1.165) is 21.9 Å². The fourth-order valence-corrected chi connectivity index (χ4v) is 4.20. The van der Waals surface area contributed by atoms with Crippen molar-refractivity contribution in [2.24, 2.45) is 0 Å². The molecule has 1 aliphatic rings. The lowest BCUT2D eigenvalue weighted by Gasteiger charge is -2.29. The lowest BCUT2D eigenvalue weighted by Crippen LogP contribution is -2.39. The van der Waals surface area contributed by atoms with Gasteiger partial charge in [-0.2, -0.15) is 4.39 Å². The monoisotopic (exact) mass is 405 g/mol. The third-order valence-electron chi connectivity index (χ3n) is 5.71. The summed E-state index contributed by atoms with van der Waals surface area (Å²) < 4.78 is 20.0. The molecule has 0 bridgehead atoms. The van der Waals surface area contributed by atoms with E-state index in [-0.39, 0.29) is 18.2 Å². The number of aliphatic hydroxyl groups excluding tert-OH is 1. The number of rotatable bonds is 3. The number of hydrogen-bond donors (Lipinski definition) is 1. The lowest BCUT2D eigenvalue weighted by atomic mass is 9.96. The van der Waals surface area contributed by atoms with Gasteiger partial charge in [0.1, 0.15) is 0 Å². The van der Waals surface area contributed by atoms with Crippen LogP contribution in [0.25, 0.3) is 21.7 Å². The molecule has 6 nitrogen and oxygen atoms in total. The topological polar surface area (TPSA) is 77.2 Å². The predicted molar refractivity (Wildman–Crippen MR) is 111 cm³/mol. The first-order valence-corrected chi connectivity index (χ1v) is 9.89. The third-order valence-corrected chi connectivity index (χ3v) is 5.71. The highest BCUT2D eigenvalue weighted by Crippen LogP contribution is 2.28. The summed E-state index contributed by atoms with van der Waals surface area (Å²) >= 11 is 0. The van der Waals surface area contributed by atoms with Gasteiger partial charge in [-0.25, -0.2) is 9.97 Å². The van der Waals surface area contributed by atoms with Gasteiger partial charge >= 0.3 is 0 Å². The molecule has 1 saturated heterocycles. The number of hydrogen-bond acceptors (Lipinski definition) is 5. The van der Waals surface area contributed by atoms with E-state index in [2.05, 4.69) is 9.97 Å². The average molecular weight is 405 g/mol. The van der Waals surface area contributed by atoms with Crippen LogP contribution in [0.4, 0.5) is 4.39 Å². The van der Waals surface area contributed by atoms with Gasteiger partial charge in [0.2, 0.25) is 5.95 Å². The molecule has 30 heavy (non-hydrogen) atoms. The second kappa shape index (κ2) is 7.59. The first kappa shape index (κ1) is 18.8. The smallest absolute Gasteiger partial charge is 0.261 e. The number of benzene rings is 2. The maximum atomic E-state index is 13.4. The van der Waals surface area contributed by atoms with Crippen molar-refractivity contribution in [2.45, 2.75) is 25.0 Å². The number of ether oxygens (including phenoxy) is 1. The summed E-state index contributed by atoms with van der Waals surface area (Å²) in [5.74, 6) is -0.524. The number of fused-ring (bicyclic) bond motifs is 3. The summed E-state index contributed by atoms with van der Waals surface area (Å²) in [5.41, 5.74) is 2.24. The van der Waals surface area contributed by atoms with Gasteiger partial charge in [-0.3, -0.25) is 9.36 Å². The van der Waals surface area contributed by atoms with Gasteiger partial charge in [-0.1, -0.05) is 30.3 Å². The minimum atomic E-state index is -0.749. The molecule has 2 aromatic heterocycles. The summed E-state index contributed by atoms with van der Waals surface area (Å²) in [7, 11) is 0. The molecule has 0 amide bonds. The van der Waals surface area contributed by atoms with Crippen molar-refractivity contribution in [3.05, 3.63) is 82.4 Å². The zero-order chi connectivity index (χ0) is 20.7. The second-order valence-corrected chi connectivity index (χ2v) is 7.60. The third kappa shape index (κ3) is 3.26. The normalized spacial score (nSPS) is 19.4. The van der Waals surface area contributed by atoms with Crippen molar-refractivity contribution in [1.29, 1.82) is 0 Å². The predicted octanol–water partition coefficient (Wildman–Crippen LogP) is 3.00. The van der Waals surface area contributed by atoms with Crippen LogP contribution >= 0.6 is 0 Å². The summed E-state index contributed by atoms with van der Waals surface area (Å²) in [4.78, 5) is 21.7. The molecule has 1 unspecified atom stereocenters. The molecule has 0 aliphatic carbocycles. The summed E-state index contributed by atoms with van der Waals surface area (Å²) in [6.07, 6.45) is 3.35. The molecule has 2 aromatic carbocycles. The number of nitrogens with zero attached hydrogens (tertiary/aromatic N) is 3. The highest BCUT2D eigenvalue weighted by Gasteiger charge is 2.27. The summed E-state index contributed by atoms with van der Waals surface area (Å²) in [6.45, 7) is 0.697. The van der Waals surface area contributed by atoms with E-state index in [4.69, 9.17) is 4.74 Å². The number of aliphatic hydroxyl groups is 1. The Balaban J connectivity index is 1.70. The largest absolute Gasteiger partial charge is 0.389 e. The van der Waals surface area contributed by atoms with Crippen LogP contribution in [0.1, 0.15) is 23.6 Å². The Morgan fingerprint density at radius 3 is 2.73 bits per heavy atom. The van der Waals surface area contributed by atoms with Gasteiger partial charge in [-0.05, 0) is 41.5 Å². The molecule has 1 N–H and O–H groups in total. The molecular weight excluding hydrogens is 385 g/mol. The van der Waals surface area contributed by atoms with Gasteiger partial charge in [0.25, 0.3) is 5.56 Å². The molecule has 2 atom stereocenters. The molecule has 7 heteroatoms. The standard InChI is InChI=1S/C23H20FN3O3/c24-21-6-5-14(11-25-21)9-15-10-18-22(17-4-2-1-3-16(15)17)26-13-27(23(18)29)19-7-8-30-12-20(19)28/h1-6,10-11,13,19-20,28H,7-9,12H2/t19?,20-/m0/s1. The van der Waals surface area contributed by atoms with E-state index >= 15 is 0 Å². The average Bonchev–Trinajstić information content (AvgIpc) is 2.77. The fourth-order valence-electron chi connectivity index (χ4n) is 4.20. The lowest BCUT2D eigenvalue weighted by molar-refractivity contribution is -0.0395. The summed E-state index contributed by atoms with van der Waals surface area (Å²) in [6, 6.07) is 12.3. The van der Waals surface area contributed by atoms with E-state index in [1.165, 1.54) is 23.2 Å². The molecule has 3 heterocycles. The van der Waals surface area contributed by atoms with Crippen LogP contribution < -0.4 is 5.56 Å².